The number of pyridine rings is 1. The lowest BCUT2D eigenvalue weighted by Gasteiger charge is -2.37. The average Bonchev–Trinajstić information content (AvgIpc) is 3.04. The first-order chi connectivity index (χ1) is 12.1. The molecule has 1 atom stereocenters. The normalized spacial score (nSPS) is 20.0. The second-order valence-corrected chi connectivity index (χ2v) is 6.44. The summed E-state index contributed by atoms with van der Waals surface area (Å²) < 4.78 is 5.39. The molecule has 1 fully saturated rings. The fraction of sp³-hybridized carbons (Fsp3) is 0.421. The third-order valence-corrected chi connectivity index (χ3v) is 4.90. The van der Waals surface area contributed by atoms with Crippen molar-refractivity contribution in [1.82, 2.24) is 15.2 Å². The molecule has 0 saturated carbocycles. The Hall–Kier alpha value is -2.47. The Morgan fingerprint density at radius 2 is 2.16 bits per heavy atom. The van der Waals surface area contributed by atoms with E-state index in [0.717, 1.165) is 23.7 Å². The van der Waals surface area contributed by atoms with Crippen LogP contribution in [0.1, 0.15) is 29.6 Å². The van der Waals surface area contributed by atoms with Crippen LogP contribution < -0.4 is 5.32 Å². The standard InChI is InChI=1S/C19H23N3O3/c1-20-17(23)12-19(13-25-2)9-5-11-22(19)18(24)15-6-3-8-16-14(15)7-4-10-21-16/h3-4,6-8,10H,5,9,11-13H2,1-2H3,(H,20,23). The molecular formula is C19H23N3O3. The lowest BCUT2D eigenvalue weighted by molar-refractivity contribution is -0.123. The summed E-state index contributed by atoms with van der Waals surface area (Å²) in [6.45, 7) is 0.963. The Labute approximate surface area is 147 Å². The fourth-order valence-electron chi connectivity index (χ4n) is 3.73. The van der Waals surface area contributed by atoms with E-state index in [1.807, 2.05) is 35.2 Å². The number of carbonyl (C=O) groups excluding carboxylic acids is 2. The molecule has 3 rings (SSSR count). The summed E-state index contributed by atoms with van der Waals surface area (Å²) in [4.78, 5) is 31.5. The lowest BCUT2D eigenvalue weighted by atomic mass is 9.91. The summed E-state index contributed by atoms with van der Waals surface area (Å²) in [6.07, 6.45) is 3.57. The summed E-state index contributed by atoms with van der Waals surface area (Å²) in [6, 6.07) is 9.29. The van der Waals surface area contributed by atoms with E-state index < -0.39 is 5.54 Å². The topological polar surface area (TPSA) is 71.5 Å². The van der Waals surface area contributed by atoms with Crippen molar-refractivity contribution in [2.45, 2.75) is 24.8 Å². The van der Waals surface area contributed by atoms with E-state index in [1.165, 1.54) is 0 Å². The monoisotopic (exact) mass is 341 g/mol. The summed E-state index contributed by atoms with van der Waals surface area (Å²) in [5.41, 5.74) is 0.803. The van der Waals surface area contributed by atoms with Crippen molar-refractivity contribution in [2.75, 3.05) is 27.3 Å². The van der Waals surface area contributed by atoms with Gasteiger partial charge in [-0.25, -0.2) is 0 Å². The van der Waals surface area contributed by atoms with Crippen molar-refractivity contribution in [3.63, 3.8) is 0 Å². The zero-order valence-electron chi connectivity index (χ0n) is 14.6. The van der Waals surface area contributed by atoms with Crippen LogP contribution in [-0.4, -0.2) is 54.5 Å². The molecule has 1 N–H and O–H groups in total. The Morgan fingerprint density at radius 3 is 2.92 bits per heavy atom. The molecule has 6 nitrogen and oxygen atoms in total. The van der Waals surface area contributed by atoms with E-state index in [-0.39, 0.29) is 18.2 Å². The molecule has 6 heteroatoms. The minimum atomic E-state index is -0.601. The third-order valence-electron chi connectivity index (χ3n) is 4.90. The van der Waals surface area contributed by atoms with Crippen molar-refractivity contribution >= 4 is 22.7 Å². The maximum atomic E-state index is 13.3. The molecular weight excluding hydrogens is 318 g/mol. The summed E-state index contributed by atoms with van der Waals surface area (Å²) in [5, 5.41) is 3.49. The Bertz CT molecular complexity index is 787. The first-order valence-electron chi connectivity index (χ1n) is 8.46. The number of fused-ring (bicyclic) bond motifs is 1. The van der Waals surface area contributed by atoms with Crippen molar-refractivity contribution in [2.24, 2.45) is 0 Å². The number of amides is 2. The van der Waals surface area contributed by atoms with Gasteiger partial charge >= 0.3 is 0 Å². The molecule has 25 heavy (non-hydrogen) atoms. The molecule has 2 amide bonds. The summed E-state index contributed by atoms with van der Waals surface area (Å²) in [5.74, 6) is -0.159. The maximum Gasteiger partial charge on any atom is 0.255 e. The van der Waals surface area contributed by atoms with E-state index in [2.05, 4.69) is 10.3 Å². The van der Waals surface area contributed by atoms with Gasteiger partial charge in [0.05, 0.1) is 24.1 Å². The molecule has 132 valence electrons. The van der Waals surface area contributed by atoms with Crippen LogP contribution in [0.25, 0.3) is 10.9 Å². The van der Waals surface area contributed by atoms with Crippen LogP contribution in [0.5, 0.6) is 0 Å². The zero-order valence-corrected chi connectivity index (χ0v) is 14.6. The molecule has 2 aromatic rings. The minimum absolute atomic E-state index is 0.0722. The van der Waals surface area contributed by atoms with Gasteiger partial charge in [-0.1, -0.05) is 12.1 Å². The smallest absolute Gasteiger partial charge is 0.255 e. The molecule has 0 aliphatic carbocycles. The van der Waals surface area contributed by atoms with Gasteiger partial charge in [-0.05, 0) is 31.0 Å². The Balaban J connectivity index is 2.00. The molecule has 1 saturated heterocycles. The van der Waals surface area contributed by atoms with E-state index in [0.29, 0.717) is 18.7 Å². The van der Waals surface area contributed by atoms with Gasteiger partial charge in [-0.15, -0.1) is 0 Å². The highest BCUT2D eigenvalue weighted by Crippen LogP contribution is 2.35. The van der Waals surface area contributed by atoms with Crippen LogP contribution in [0.4, 0.5) is 0 Å². The predicted molar refractivity (Wildman–Crippen MR) is 95.3 cm³/mol. The second-order valence-electron chi connectivity index (χ2n) is 6.44. The Morgan fingerprint density at radius 1 is 1.32 bits per heavy atom. The molecule has 1 aromatic heterocycles. The van der Waals surface area contributed by atoms with Crippen LogP contribution in [0.2, 0.25) is 0 Å². The molecule has 1 aliphatic heterocycles. The number of carbonyl (C=O) groups is 2. The van der Waals surface area contributed by atoms with Crippen LogP contribution >= 0.6 is 0 Å². The van der Waals surface area contributed by atoms with Gasteiger partial charge in [0.1, 0.15) is 0 Å². The van der Waals surface area contributed by atoms with Crippen molar-refractivity contribution in [3.8, 4) is 0 Å². The van der Waals surface area contributed by atoms with Gasteiger partial charge in [-0.2, -0.15) is 0 Å². The first-order valence-corrected chi connectivity index (χ1v) is 8.46. The van der Waals surface area contributed by atoms with Crippen LogP contribution in [0.15, 0.2) is 36.5 Å². The SMILES string of the molecule is CNC(=O)CC1(COC)CCCN1C(=O)c1cccc2ncccc12. The number of nitrogens with zero attached hydrogens (tertiary/aromatic N) is 2. The minimum Gasteiger partial charge on any atom is -0.382 e. The average molecular weight is 341 g/mol. The van der Waals surface area contributed by atoms with Crippen LogP contribution in [0.3, 0.4) is 0 Å². The van der Waals surface area contributed by atoms with E-state index in [4.69, 9.17) is 4.74 Å². The molecule has 0 bridgehead atoms. The van der Waals surface area contributed by atoms with Crippen LogP contribution in [0, 0.1) is 0 Å². The number of hydrogen-bond donors (Lipinski definition) is 1. The number of likely N-dealkylation sites (tertiary alicyclic amines) is 1. The van der Waals surface area contributed by atoms with E-state index >= 15 is 0 Å². The number of rotatable bonds is 5. The van der Waals surface area contributed by atoms with Gasteiger partial charge < -0.3 is 15.0 Å². The van der Waals surface area contributed by atoms with Gasteiger partial charge in [0.15, 0.2) is 0 Å². The summed E-state index contributed by atoms with van der Waals surface area (Å²) in [7, 11) is 3.22. The number of hydrogen-bond acceptors (Lipinski definition) is 4. The highest BCUT2D eigenvalue weighted by atomic mass is 16.5. The zero-order chi connectivity index (χ0) is 17.9. The van der Waals surface area contributed by atoms with Gasteiger partial charge in [0, 0.05) is 37.8 Å². The molecule has 1 aromatic carbocycles. The number of aromatic nitrogens is 1. The van der Waals surface area contributed by atoms with Gasteiger partial charge in [0.25, 0.3) is 5.91 Å². The second kappa shape index (κ2) is 7.19. The molecule has 1 aliphatic rings. The molecule has 1 unspecified atom stereocenters. The van der Waals surface area contributed by atoms with E-state index in [9.17, 15) is 9.59 Å². The highest BCUT2D eigenvalue weighted by Gasteiger charge is 2.45. The summed E-state index contributed by atoms with van der Waals surface area (Å²) >= 11 is 0. The number of nitrogens with one attached hydrogen (secondary N) is 1. The highest BCUT2D eigenvalue weighted by molar-refractivity contribution is 6.06. The largest absolute Gasteiger partial charge is 0.382 e. The van der Waals surface area contributed by atoms with E-state index in [1.54, 1.807) is 20.4 Å². The van der Waals surface area contributed by atoms with Gasteiger partial charge in [0.2, 0.25) is 5.91 Å². The Kier molecular flexibility index (Phi) is 4.99. The molecule has 0 radical (unpaired) electrons. The van der Waals surface area contributed by atoms with Crippen molar-refractivity contribution in [1.29, 1.82) is 0 Å². The fourth-order valence-corrected chi connectivity index (χ4v) is 3.73. The van der Waals surface area contributed by atoms with Crippen molar-refractivity contribution < 1.29 is 14.3 Å². The predicted octanol–water partition coefficient (Wildman–Crippen LogP) is 1.99. The first kappa shape index (κ1) is 17.4. The number of ether oxygens (including phenoxy) is 1. The van der Waals surface area contributed by atoms with Crippen LogP contribution in [-0.2, 0) is 9.53 Å². The lowest BCUT2D eigenvalue weighted by Crippen LogP contribution is -2.52. The van der Waals surface area contributed by atoms with Crippen molar-refractivity contribution in [3.05, 3.63) is 42.1 Å². The van der Waals surface area contributed by atoms with Gasteiger partial charge in [-0.3, -0.25) is 14.6 Å². The molecule has 2 heterocycles. The maximum absolute atomic E-state index is 13.3. The third kappa shape index (κ3) is 3.22. The number of methoxy groups -OCH3 is 1. The number of benzene rings is 1. The molecule has 0 spiro atoms. The quantitative estimate of drug-likeness (QED) is 0.903.